The molecule has 0 amide bonds. The summed E-state index contributed by atoms with van der Waals surface area (Å²) < 4.78 is 5.50. The minimum absolute atomic E-state index is 0.271. The van der Waals surface area contributed by atoms with Crippen LogP contribution in [0.25, 0.3) is 0 Å². The number of hydrogen-bond donors (Lipinski definition) is 1. The highest BCUT2D eigenvalue weighted by Gasteiger charge is 2.15. The lowest BCUT2D eigenvalue weighted by atomic mass is 10.1. The molecule has 0 spiro atoms. The van der Waals surface area contributed by atoms with Crippen LogP contribution in [0.4, 0.5) is 11.4 Å². The predicted molar refractivity (Wildman–Crippen MR) is 102 cm³/mol. The molecule has 4 heteroatoms. The van der Waals surface area contributed by atoms with Crippen molar-refractivity contribution in [1.82, 2.24) is 4.90 Å². The van der Waals surface area contributed by atoms with E-state index < -0.39 is 0 Å². The molecule has 25 heavy (non-hydrogen) atoms. The first-order valence-corrected chi connectivity index (χ1v) is 8.97. The summed E-state index contributed by atoms with van der Waals surface area (Å²) >= 11 is 0. The zero-order valence-corrected chi connectivity index (χ0v) is 15.0. The van der Waals surface area contributed by atoms with E-state index in [-0.39, 0.29) is 5.97 Å². The number of ether oxygens (including phenoxy) is 1. The Morgan fingerprint density at radius 2 is 1.76 bits per heavy atom. The van der Waals surface area contributed by atoms with Crippen molar-refractivity contribution in [3.63, 3.8) is 0 Å². The van der Waals surface area contributed by atoms with Crippen molar-refractivity contribution in [3.05, 3.63) is 59.2 Å². The Morgan fingerprint density at radius 1 is 1.04 bits per heavy atom. The highest BCUT2D eigenvalue weighted by Crippen LogP contribution is 2.25. The van der Waals surface area contributed by atoms with Crippen molar-refractivity contribution < 1.29 is 9.53 Å². The Morgan fingerprint density at radius 3 is 2.56 bits per heavy atom. The Bertz CT molecular complexity index is 736. The summed E-state index contributed by atoms with van der Waals surface area (Å²) in [5.41, 5.74) is 4.76. The summed E-state index contributed by atoms with van der Waals surface area (Å²) in [6.07, 6.45) is 2.49. The molecule has 0 aliphatic carbocycles. The van der Waals surface area contributed by atoms with E-state index in [0.717, 1.165) is 31.0 Å². The molecule has 0 aromatic heterocycles. The van der Waals surface area contributed by atoms with Gasteiger partial charge >= 0.3 is 5.97 Å². The molecule has 2 aromatic carbocycles. The number of hydrogen-bond acceptors (Lipinski definition) is 4. The van der Waals surface area contributed by atoms with Crippen molar-refractivity contribution in [2.45, 2.75) is 26.7 Å². The lowest BCUT2D eigenvalue weighted by Gasteiger charge is -2.16. The summed E-state index contributed by atoms with van der Waals surface area (Å²) in [7, 11) is 0. The van der Waals surface area contributed by atoms with Crippen molar-refractivity contribution in [1.29, 1.82) is 0 Å². The number of esters is 1. The zero-order chi connectivity index (χ0) is 17.6. The fourth-order valence-corrected chi connectivity index (χ4v) is 3.15. The van der Waals surface area contributed by atoms with Gasteiger partial charge in [-0.1, -0.05) is 24.3 Å². The molecule has 0 atom stereocenters. The molecule has 1 fully saturated rings. The smallest absolute Gasteiger partial charge is 0.340 e. The SMILES string of the molecule is Cc1cccc(Nc2ccccc2C(=O)OCCN2CCCC2)c1C. The zero-order valence-electron chi connectivity index (χ0n) is 15.0. The summed E-state index contributed by atoms with van der Waals surface area (Å²) in [5, 5.41) is 3.38. The summed E-state index contributed by atoms with van der Waals surface area (Å²) in [6, 6.07) is 13.6. The number of carbonyl (C=O) groups is 1. The fourth-order valence-electron chi connectivity index (χ4n) is 3.15. The van der Waals surface area contributed by atoms with Crippen LogP contribution in [0.15, 0.2) is 42.5 Å². The largest absolute Gasteiger partial charge is 0.461 e. The van der Waals surface area contributed by atoms with Gasteiger partial charge < -0.3 is 10.1 Å². The number of nitrogens with one attached hydrogen (secondary N) is 1. The molecular formula is C21H26N2O2. The van der Waals surface area contributed by atoms with Crippen LogP contribution >= 0.6 is 0 Å². The predicted octanol–water partition coefficient (Wildman–Crippen LogP) is 4.30. The highest BCUT2D eigenvalue weighted by molar-refractivity contribution is 5.96. The second-order valence-electron chi connectivity index (χ2n) is 6.60. The molecule has 0 bridgehead atoms. The van der Waals surface area contributed by atoms with E-state index in [2.05, 4.69) is 30.1 Å². The minimum Gasteiger partial charge on any atom is -0.461 e. The van der Waals surface area contributed by atoms with Crippen molar-refractivity contribution >= 4 is 17.3 Å². The molecule has 1 aliphatic rings. The number of carbonyl (C=O) groups excluding carboxylic acids is 1. The van der Waals surface area contributed by atoms with E-state index in [0.29, 0.717) is 12.2 Å². The monoisotopic (exact) mass is 338 g/mol. The molecule has 1 heterocycles. The molecule has 3 rings (SSSR count). The molecule has 0 saturated carbocycles. The van der Waals surface area contributed by atoms with Crippen LogP contribution in [0.1, 0.15) is 34.3 Å². The van der Waals surface area contributed by atoms with Crippen molar-refractivity contribution in [2.24, 2.45) is 0 Å². The highest BCUT2D eigenvalue weighted by atomic mass is 16.5. The summed E-state index contributed by atoms with van der Waals surface area (Å²) in [6.45, 7) is 7.65. The fraction of sp³-hybridized carbons (Fsp3) is 0.381. The third-order valence-corrected chi connectivity index (χ3v) is 4.86. The van der Waals surface area contributed by atoms with Gasteiger partial charge in [-0.3, -0.25) is 4.90 Å². The van der Waals surface area contributed by atoms with Gasteiger partial charge in [-0.15, -0.1) is 0 Å². The van der Waals surface area contributed by atoms with Crippen LogP contribution in [0, 0.1) is 13.8 Å². The van der Waals surface area contributed by atoms with Gasteiger partial charge in [0.25, 0.3) is 0 Å². The van der Waals surface area contributed by atoms with Crippen LogP contribution in [0.2, 0.25) is 0 Å². The van der Waals surface area contributed by atoms with Crippen LogP contribution in [-0.4, -0.2) is 37.1 Å². The van der Waals surface area contributed by atoms with Crippen molar-refractivity contribution in [2.75, 3.05) is 31.6 Å². The maximum Gasteiger partial charge on any atom is 0.340 e. The molecule has 1 saturated heterocycles. The first-order valence-electron chi connectivity index (χ1n) is 8.97. The second kappa shape index (κ2) is 8.17. The van der Waals surface area contributed by atoms with Gasteiger partial charge in [0.05, 0.1) is 11.3 Å². The second-order valence-corrected chi connectivity index (χ2v) is 6.60. The van der Waals surface area contributed by atoms with E-state index in [9.17, 15) is 4.79 Å². The quantitative estimate of drug-likeness (QED) is 0.798. The van der Waals surface area contributed by atoms with Crippen LogP contribution in [0.3, 0.4) is 0 Å². The van der Waals surface area contributed by atoms with E-state index in [1.807, 2.05) is 36.4 Å². The first-order chi connectivity index (χ1) is 12.1. The van der Waals surface area contributed by atoms with Gasteiger partial charge in [-0.25, -0.2) is 4.79 Å². The van der Waals surface area contributed by atoms with E-state index >= 15 is 0 Å². The van der Waals surface area contributed by atoms with Crippen LogP contribution in [0.5, 0.6) is 0 Å². The Kier molecular flexibility index (Phi) is 5.71. The molecule has 1 aliphatic heterocycles. The topological polar surface area (TPSA) is 41.6 Å². The number of likely N-dealkylation sites (tertiary alicyclic amines) is 1. The average molecular weight is 338 g/mol. The van der Waals surface area contributed by atoms with E-state index in [1.54, 1.807) is 0 Å². The molecule has 2 aromatic rings. The lowest BCUT2D eigenvalue weighted by Crippen LogP contribution is -2.25. The number of nitrogens with zero attached hydrogens (tertiary/aromatic N) is 1. The number of para-hydroxylation sites is 1. The number of aryl methyl sites for hydroxylation is 1. The van der Waals surface area contributed by atoms with Gasteiger partial charge in [-0.05, 0) is 69.1 Å². The first kappa shape index (κ1) is 17.5. The summed E-state index contributed by atoms with van der Waals surface area (Å²) in [4.78, 5) is 14.8. The number of anilines is 2. The van der Waals surface area contributed by atoms with Gasteiger partial charge in [0.2, 0.25) is 0 Å². The molecule has 0 radical (unpaired) electrons. The van der Waals surface area contributed by atoms with Gasteiger partial charge in [0.1, 0.15) is 6.61 Å². The molecule has 132 valence electrons. The molecule has 4 nitrogen and oxygen atoms in total. The molecular weight excluding hydrogens is 312 g/mol. The molecule has 1 N–H and O–H groups in total. The normalized spacial score (nSPS) is 14.5. The van der Waals surface area contributed by atoms with E-state index in [1.165, 1.54) is 24.0 Å². The van der Waals surface area contributed by atoms with Crippen LogP contribution < -0.4 is 5.32 Å². The number of rotatable bonds is 6. The average Bonchev–Trinajstić information content (AvgIpc) is 3.13. The number of benzene rings is 2. The molecule has 0 unspecified atom stereocenters. The Labute approximate surface area is 149 Å². The van der Waals surface area contributed by atoms with Gasteiger partial charge in [0, 0.05) is 12.2 Å². The standard InChI is InChI=1S/C21H26N2O2/c1-16-8-7-11-19(17(16)2)22-20-10-4-3-9-18(20)21(24)25-15-14-23-12-5-6-13-23/h3-4,7-11,22H,5-6,12-15H2,1-2H3. The van der Waals surface area contributed by atoms with Crippen LogP contribution in [-0.2, 0) is 4.74 Å². The third kappa shape index (κ3) is 4.40. The maximum atomic E-state index is 12.5. The Balaban J connectivity index is 1.67. The van der Waals surface area contributed by atoms with E-state index in [4.69, 9.17) is 4.74 Å². The Hall–Kier alpha value is -2.33. The minimum atomic E-state index is -0.271. The summed E-state index contributed by atoms with van der Waals surface area (Å²) in [5.74, 6) is -0.271. The third-order valence-electron chi connectivity index (χ3n) is 4.86. The van der Waals surface area contributed by atoms with Crippen molar-refractivity contribution in [3.8, 4) is 0 Å². The lowest BCUT2D eigenvalue weighted by molar-refractivity contribution is 0.0473. The van der Waals surface area contributed by atoms with Gasteiger partial charge in [0.15, 0.2) is 0 Å². The maximum absolute atomic E-state index is 12.5. The van der Waals surface area contributed by atoms with Gasteiger partial charge in [-0.2, -0.15) is 0 Å².